The van der Waals surface area contributed by atoms with Gasteiger partial charge in [-0.3, -0.25) is 0 Å². The number of halogens is 1. The molecule has 0 amide bonds. The lowest BCUT2D eigenvalue weighted by molar-refractivity contribution is 0.168. The Morgan fingerprint density at radius 2 is 2.17 bits per heavy atom. The summed E-state index contributed by atoms with van der Waals surface area (Å²) in [5, 5.41) is 13.2. The van der Waals surface area contributed by atoms with E-state index in [9.17, 15) is 5.11 Å². The molecule has 0 aromatic carbocycles. The Morgan fingerprint density at radius 1 is 1.44 bits per heavy atom. The summed E-state index contributed by atoms with van der Waals surface area (Å²) < 4.78 is 0. The number of imidazole rings is 1. The summed E-state index contributed by atoms with van der Waals surface area (Å²) in [5.41, 5.74) is 0.633. The van der Waals surface area contributed by atoms with Crippen molar-refractivity contribution < 1.29 is 5.11 Å². The number of rotatable bonds is 8. The number of nitrogens with one attached hydrogen (secondary N) is 2. The lowest BCUT2D eigenvalue weighted by Crippen LogP contribution is -2.44. The Kier molecular flexibility index (Phi) is 6.12. The van der Waals surface area contributed by atoms with Gasteiger partial charge in [-0.25, -0.2) is 4.98 Å². The van der Waals surface area contributed by atoms with Crippen molar-refractivity contribution in [2.45, 2.75) is 58.5 Å². The molecule has 0 spiro atoms. The molecule has 1 atom stereocenters. The van der Waals surface area contributed by atoms with Gasteiger partial charge < -0.3 is 15.4 Å². The van der Waals surface area contributed by atoms with E-state index in [0.29, 0.717) is 11.7 Å². The van der Waals surface area contributed by atoms with Crippen LogP contribution in [0.25, 0.3) is 0 Å². The molecule has 0 aliphatic rings. The predicted octanol–water partition coefficient (Wildman–Crippen LogP) is 2.66. The number of aryl methyl sites for hydroxylation is 1. The van der Waals surface area contributed by atoms with Crippen molar-refractivity contribution in [3.8, 4) is 0 Å². The minimum absolute atomic E-state index is 0.109. The fraction of sp³-hybridized carbons (Fsp3) is 0.769. The van der Waals surface area contributed by atoms with Gasteiger partial charge in [0.15, 0.2) is 5.15 Å². The van der Waals surface area contributed by atoms with E-state index in [1.165, 1.54) is 0 Å². The van der Waals surface area contributed by atoms with E-state index in [-0.39, 0.29) is 12.1 Å². The van der Waals surface area contributed by atoms with E-state index in [2.05, 4.69) is 22.2 Å². The van der Waals surface area contributed by atoms with Crippen LogP contribution in [-0.2, 0) is 13.0 Å². The molecule has 0 aliphatic carbocycles. The van der Waals surface area contributed by atoms with Crippen molar-refractivity contribution in [1.29, 1.82) is 0 Å². The Labute approximate surface area is 114 Å². The zero-order chi connectivity index (χ0) is 13.6. The third kappa shape index (κ3) is 4.26. The smallest absolute Gasteiger partial charge is 0.151 e. The summed E-state index contributed by atoms with van der Waals surface area (Å²) >= 11 is 6.09. The van der Waals surface area contributed by atoms with Gasteiger partial charge in [0, 0.05) is 18.5 Å². The quantitative estimate of drug-likeness (QED) is 0.682. The fourth-order valence-electron chi connectivity index (χ4n) is 1.61. The van der Waals surface area contributed by atoms with E-state index < -0.39 is 0 Å². The molecule has 1 rings (SSSR count). The maximum Gasteiger partial charge on any atom is 0.151 e. The molecule has 0 aliphatic heterocycles. The first-order chi connectivity index (χ1) is 8.54. The minimum Gasteiger partial charge on any atom is -0.394 e. The summed E-state index contributed by atoms with van der Waals surface area (Å²) in [6, 6.07) is 0. The molecule has 0 radical (unpaired) electrons. The van der Waals surface area contributed by atoms with Crippen LogP contribution in [0.4, 0.5) is 0 Å². The third-order valence-corrected chi connectivity index (χ3v) is 3.68. The van der Waals surface area contributed by atoms with Crippen LogP contribution in [-0.4, -0.2) is 27.2 Å². The number of hydrogen-bond donors (Lipinski definition) is 3. The summed E-state index contributed by atoms with van der Waals surface area (Å²) in [6.45, 7) is 6.90. The van der Waals surface area contributed by atoms with Gasteiger partial charge in [-0.1, -0.05) is 31.9 Å². The number of aromatic amines is 1. The Balaban J connectivity index is 2.59. The highest BCUT2D eigenvalue weighted by molar-refractivity contribution is 6.30. The van der Waals surface area contributed by atoms with Crippen molar-refractivity contribution >= 4 is 11.6 Å². The molecule has 1 aromatic rings. The van der Waals surface area contributed by atoms with Crippen LogP contribution in [0.15, 0.2) is 0 Å². The molecule has 1 heterocycles. The van der Waals surface area contributed by atoms with Crippen LogP contribution in [0.5, 0.6) is 0 Å². The first-order valence-electron chi connectivity index (χ1n) is 6.63. The molecule has 0 saturated carbocycles. The first-order valence-corrected chi connectivity index (χ1v) is 7.01. The second-order valence-corrected chi connectivity index (χ2v) is 5.34. The fourth-order valence-corrected chi connectivity index (χ4v) is 1.83. The van der Waals surface area contributed by atoms with E-state index in [1.54, 1.807) is 0 Å². The molecule has 0 fully saturated rings. The Bertz CT molecular complexity index is 361. The second kappa shape index (κ2) is 7.12. The molecule has 1 aromatic heterocycles. The maximum absolute atomic E-state index is 9.33. The largest absolute Gasteiger partial charge is 0.394 e. The highest BCUT2D eigenvalue weighted by Gasteiger charge is 2.20. The predicted molar refractivity (Wildman–Crippen MR) is 74.8 cm³/mol. The number of H-pyrrole nitrogens is 1. The van der Waals surface area contributed by atoms with Gasteiger partial charge in [-0.15, -0.1) is 0 Å². The van der Waals surface area contributed by atoms with Crippen LogP contribution in [0, 0.1) is 0 Å². The number of unbranched alkanes of at least 4 members (excludes halogenated alkanes) is 1. The number of aliphatic hydroxyl groups is 1. The molecular weight excluding hydrogens is 250 g/mol. The summed E-state index contributed by atoms with van der Waals surface area (Å²) in [7, 11) is 0. The van der Waals surface area contributed by atoms with E-state index in [4.69, 9.17) is 11.6 Å². The third-order valence-electron chi connectivity index (χ3n) is 3.37. The standard InChI is InChI=1S/C13H24ClN3O/c1-4-6-7-11-16-10(12(14)17-11)8-15-13(3,5-2)9-18/h15,18H,4-9H2,1-3H3,(H,16,17). The Morgan fingerprint density at radius 3 is 2.72 bits per heavy atom. The molecule has 104 valence electrons. The van der Waals surface area contributed by atoms with Gasteiger partial charge in [0.05, 0.1) is 12.3 Å². The average Bonchev–Trinajstić information content (AvgIpc) is 2.74. The molecule has 0 saturated heterocycles. The number of aliphatic hydroxyl groups excluding tert-OH is 1. The van der Waals surface area contributed by atoms with Gasteiger partial charge in [0.25, 0.3) is 0 Å². The number of hydrogen-bond acceptors (Lipinski definition) is 3. The monoisotopic (exact) mass is 273 g/mol. The van der Waals surface area contributed by atoms with Crippen LogP contribution < -0.4 is 5.32 Å². The Hall–Kier alpha value is -0.580. The van der Waals surface area contributed by atoms with Gasteiger partial charge in [-0.2, -0.15) is 0 Å². The van der Waals surface area contributed by atoms with Crippen LogP contribution in [0.3, 0.4) is 0 Å². The van der Waals surface area contributed by atoms with Crippen molar-refractivity contribution in [2.75, 3.05) is 6.61 Å². The van der Waals surface area contributed by atoms with Crippen molar-refractivity contribution in [2.24, 2.45) is 0 Å². The molecule has 3 N–H and O–H groups in total. The molecule has 0 bridgehead atoms. The van der Waals surface area contributed by atoms with Gasteiger partial charge in [0.2, 0.25) is 0 Å². The minimum atomic E-state index is -0.266. The van der Waals surface area contributed by atoms with Gasteiger partial charge in [0.1, 0.15) is 5.82 Å². The molecule has 18 heavy (non-hydrogen) atoms. The first kappa shape index (κ1) is 15.5. The zero-order valence-electron chi connectivity index (χ0n) is 11.5. The topological polar surface area (TPSA) is 60.9 Å². The molecular formula is C13H24ClN3O. The van der Waals surface area contributed by atoms with E-state index in [0.717, 1.165) is 37.2 Å². The highest BCUT2D eigenvalue weighted by Crippen LogP contribution is 2.16. The number of aromatic nitrogens is 2. The van der Waals surface area contributed by atoms with Crippen molar-refractivity contribution in [1.82, 2.24) is 15.3 Å². The van der Waals surface area contributed by atoms with Crippen molar-refractivity contribution in [3.63, 3.8) is 0 Å². The summed E-state index contributed by atoms with van der Waals surface area (Å²) in [4.78, 5) is 7.56. The zero-order valence-corrected chi connectivity index (χ0v) is 12.3. The van der Waals surface area contributed by atoms with Gasteiger partial charge in [-0.05, 0) is 19.8 Å². The molecule has 1 unspecified atom stereocenters. The van der Waals surface area contributed by atoms with Crippen molar-refractivity contribution in [3.05, 3.63) is 16.7 Å². The SMILES string of the molecule is CCCCc1nc(Cl)c(CNC(C)(CC)CO)[nH]1. The van der Waals surface area contributed by atoms with E-state index in [1.807, 2.05) is 13.8 Å². The molecule has 5 heteroatoms. The lowest BCUT2D eigenvalue weighted by atomic mass is 10.0. The van der Waals surface area contributed by atoms with Gasteiger partial charge >= 0.3 is 0 Å². The summed E-state index contributed by atoms with van der Waals surface area (Å²) in [5.74, 6) is 0.945. The number of nitrogens with zero attached hydrogens (tertiary/aromatic N) is 1. The maximum atomic E-state index is 9.33. The summed E-state index contributed by atoms with van der Waals surface area (Å²) in [6.07, 6.45) is 4.05. The second-order valence-electron chi connectivity index (χ2n) is 4.98. The van der Waals surface area contributed by atoms with Crippen LogP contribution >= 0.6 is 11.6 Å². The average molecular weight is 274 g/mol. The van der Waals surface area contributed by atoms with E-state index >= 15 is 0 Å². The highest BCUT2D eigenvalue weighted by atomic mass is 35.5. The lowest BCUT2D eigenvalue weighted by Gasteiger charge is -2.27. The molecule has 4 nitrogen and oxygen atoms in total. The van der Waals surface area contributed by atoms with Crippen LogP contribution in [0.1, 0.15) is 51.6 Å². The van der Waals surface area contributed by atoms with Crippen LogP contribution in [0.2, 0.25) is 5.15 Å². The normalized spacial score (nSPS) is 14.7.